The fourth-order valence-corrected chi connectivity index (χ4v) is 1.94. The van der Waals surface area contributed by atoms with Gasteiger partial charge in [-0.25, -0.2) is 9.78 Å². The van der Waals surface area contributed by atoms with E-state index < -0.39 is 11.4 Å². The summed E-state index contributed by atoms with van der Waals surface area (Å²) in [5.74, 6) is -0.0897. The lowest BCUT2D eigenvalue weighted by Gasteiger charge is -2.09. The lowest BCUT2D eigenvalue weighted by molar-refractivity contribution is 0.0524. The summed E-state index contributed by atoms with van der Waals surface area (Å²) in [6, 6.07) is 1.62. The number of hydrogen-bond acceptors (Lipinski definition) is 5. The average molecular weight is 290 g/mol. The molecule has 0 aliphatic carbocycles. The average Bonchev–Trinajstić information content (AvgIpc) is 2.46. The van der Waals surface area contributed by atoms with Crippen LogP contribution in [0, 0.1) is 6.92 Å². The molecule has 0 unspecified atom stereocenters. The van der Waals surface area contributed by atoms with Gasteiger partial charge in [-0.1, -0.05) is 6.92 Å². The van der Waals surface area contributed by atoms with Crippen LogP contribution in [0.15, 0.2) is 17.1 Å². The molecule has 0 saturated heterocycles. The third kappa shape index (κ3) is 3.04. The summed E-state index contributed by atoms with van der Waals surface area (Å²) in [5.41, 5.74) is 0.678. The number of carbonyl (C=O) groups is 1. The number of H-pyrrole nitrogens is 1. The highest BCUT2D eigenvalue weighted by atomic mass is 16.5. The van der Waals surface area contributed by atoms with Crippen LogP contribution in [0.25, 0.3) is 11.0 Å². The molecule has 21 heavy (non-hydrogen) atoms. The Kier molecular flexibility index (Phi) is 4.57. The number of rotatable bonds is 5. The van der Waals surface area contributed by atoms with Crippen molar-refractivity contribution >= 4 is 17.0 Å². The van der Waals surface area contributed by atoms with E-state index in [0.717, 1.165) is 6.42 Å². The Balaban J connectivity index is 2.55. The van der Waals surface area contributed by atoms with Crippen molar-refractivity contribution in [3.63, 3.8) is 0 Å². The second kappa shape index (κ2) is 6.39. The molecule has 0 bridgehead atoms. The van der Waals surface area contributed by atoms with Crippen LogP contribution in [0.4, 0.5) is 0 Å². The molecule has 0 aromatic carbocycles. The van der Waals surface area contributed by atoms with Gasteiger partial charge in [-0.2, -0.15) is 0 Å². The number of aromatic amines is 1. The topological polar surface area (TPSA) is 81.3 Å². The number of ether oxygens (including phenoxy) is 2. The highest BCUT2D eigenvalue weighted by Gasteiger charge is 2.16. The van der Waals surface area contributed by atoms with Gasteiger partial charge in [0.05, 0.1) is 24.3 Å². The van der Waals surface area contributed by atoms with E-state index in [1.54, 1.807) is 13.0 Å². The molecular weight excluding hydrogens is 272 g/mol. The molecule has 112 valence electrons. The first-order chi connectivity index (χ1) is 10.1. The maximum atomic E-state index is 12.4. The van der Waals surface area contributed by atoms with Crippen LogP contribution < -0.4 is 10.2 Å². The van der Waals surface area contributed by atoms with Crippen molar-refractivity contribution in [1.82, 2.24) is 9.97 Å². The number of hydrogen-bond donors (Lipinski definition) is 1. The zero-order valence-electron chi connectivity index (χ0n) is 12.4. The Morgan fingerprint density at radius 1 is 1.38 bits per heavy atom. The quantitative estimate of drug-likeness (QED) is 0.854. The molecule has 0 amide bonds. The number of nitrogens with zero attached hydrogens (tertiary/aromatic N) is 1. The maximum absolute atomic E-state index is 12.4. The van der Waals surface area contributed by atoms with E-state index in [1.165, 1.54) is 6.20 Å². The Labute approximate surface area is 122 Å². The van der Waals surface area contributed by atoms with Gasteiger partial charge in [0.1, 0.15) is 17.0 Å². The highest BCUT2D eigenvalue weighted by Crippen LogP contribution is 2.20. The van der Waals surface area contributed by atoms with E-state index in [4.69, 9.17) is 9.47 Å². The SMILES string of the molecule is CCCOc1cc2c(=O)c(C(=O)OCC)c[nH]c2nc1C. The van der Waals surface area contributed by atoms with Crippen molar-refractivity contribution in [2.45, 2.75) is 27.2 Å². The number of aromatic nitrogens is 2. The van der Waals surface area contributed by atoms with Crippen LogP contribution >= 0.6 is 0 Å². The summed E-state index contributed by atoms with van der Waals surface area (Å²) in [6.07, 6.45) is 2.19. The van der Waals surface area contributed by atoms with Crippen molar-refractivity contribution in [3.05, 3.63) is 33.7 Å². The molecule has 0 fully saturated rings. The predicted molar refractivity (Wildman–Crippen MR) is 78.8 cm³/mol. The molecule has 0 aliphatic heterocycles. The molecule has 2 heterocycles. The summed E-state index contributed by atoms with van der Waals surface area (Å²) in [7, 11) is 0. The summed E-state index contributed by atoms with van der Waals surface area (Å²) < 4.78 is 10.4. The molecule has 2 aromatic rings. The van der Waals surface area contributed by atoms with Crippen LogP contribution in [0.3, 0.4) is 0 Å². The van der Waals surface area contributed by atoms with E-state index in [1.807, 2.05) is 13.8 Å². The smallest absolute Gasteiger partial charge is 0.343 e. The van der Waals surface area contributed by atoms with Gasteiger partial charge in [-0.05, 0) is 26.3 Å². The van der Waals surface area contributed by atoms with Crippen LogP contribution in [-0.2, 0) is 4.74 Å². The van der Waals surface area contributed by atoms with Gasteiger partial charge < -0.3 is 14.5 Å². The second-order valence-electron chi connectivity index (χ2n) is 4.57. The Hall–Kier alpha value is -2.37. The highest BCUT2D eigenvalue weighted by molar-refractivity contribution is 5.93. The fourth-order valence-electron chi connectivity index (χ4n) is 1.94. The van der Waals surface area contributed by atoms with E-state index in [2.05, 4.69) is 9.97 Å². The first kappa shape index (κ1) is 15.0. The molecule has 0 aliphatic rings. The largest absolute Gasteiger partial charge is 0.492 e. The molecular formula is C15H18N2O4. The monoisotopic (exact) mass is 290 g/mol. The Morgan fingerprint density at radius 3 is 2.81 bits per heavy atom. The van der Waals surface area contributed by atoms with Gasteiger partial charge in [-0.15, -0.1) is 0 Å². The fraction of sp³-hybridized carbons (Fsp3) is 0.400. The third-order valence-electron chi connectivity index (χ3n) is 2.97. The molecule has 0 radical (unpaired) electrons. The van der Waals surface area contributed by atoms with Crippen LogP contribution in [0.1, 0.15) is 36.3 Å². The zero-order valence-corrected chi connectivity index (χ0v) is 12.4. The minimum atomic E-state index is -0.641. The van der Waals surface area contributed by atoms with Gasteiger partial charge in [-0.3, -0.25) is 4.79 Å². The molecule has 0 spiro atoms. The van der Waals surface area contributed by atoms with E-state index in [-0.39, 0.29) is 12.2 Å². The molecule has 0 atom stereocenters. The molecule has 6 nitrogen and oxygen atoms in total. The zero-order chi connectivity index (χ0) is 15.4. The normalized spacial score (nSPS) is 10.6. The molecule has 0 saturated carbocycles. The van der Waals surface area contributed by atoms with Gasteiger partial charge in [0.25, 0.3) is 0 Å². The van der Waals surface area contributed by atoms with Gasteiger partial charge in [0.15, 0.2) is 0 Å². The van der Waals surface area contributed by atoms with Gasteiger partial charge >= 0.3 is 5.97 Å². The summed E-state index contributed by atoms with van der Waals surface area (Å²) in [6.45, 7) is 6.25. The van der Waals surface area contributed by atoms with Gasteiger partial charge in [0.2, 0.25) is 5.43 Å². The van der Waals surface area contributed by atoms with E-state index >= 15 is 0 Å². The van der Waals surface area contributed by atoms with Crippen molar-refractivity contribution in [3.8, 4) is 5.75 Å². The van der Waals surface area contributed by atoms with Crippen molar-refractivity contribution < 1.29 is 14.3 Å². The lowest BCUT2D eigenvalue weighted by Crippen LogP contribution is -2.18. The maximum Gasteiger partial charge on any atom is 0.343 e. The van der Waals surface area contributed by atoms with Gasteiger partial charge in [0, 0.05) is 6.20 Å². The predicted octanol–water partition coefficient (Wildman–Crippen LogP) is 2.20. The molecule has 6 heteroatoms. The summed E-state index contributed by atoms with van der Waals surface area (Å²) >= 11 is 0. The van der Waals surface area contributed by atoms with E-state index in [9.17, 15) is 9.59 Å². The number of pyridine rings is 2. The van der Waals surface area contributed by atoms with Crippen molar-refractivity contribution in [2.75, 3.05) is 13.2 Å². The summed E-state index contributed by atoms with van der Waals surface area (Å²) in [5, 5.41) is 0.317. The number of esters is 1. The number of fused-ring (bicyclic) bond motifs is 1. The second-order valence-corrected chi connectivity index (χ2v) is 4.57. The Bertz CT molecular complexity index is 721. The number of nitrogens with one attached hydrogen (secondary N) is 1. The minimum absolute atomic E-state index is 0.0311. The van der Waals surface area contributed by atoms with Crippen molar-refractivity contribution in [1.29, 1.82) is 0 Å². The first-order valence-electron chi connectivity index (χ1n) is 6.91. The summed E-state index contributed by atoms with van der Waals surface area (Å²) in [4.78, 5) is 31.3. The molecule has 2 rings (SSSR count). The number of aryl methyl sites for hydroxylation is 1. The van der Waals surface area contributed by atoms with Crippen LogP contribution in [-0.4, -0.2) is 29.2 Å². The standard InChI is InChI=1S/C15H18N2O4/c1-4-6-21-12-7-10-13(18)11(15(19)20-5-2)8-16-14(10)17-9(12)3/h7-8H,4-6H2,1-3H3,(H,16,17,18). The molecule has 2 aromatic heterocycles. The molecule has 1 N–H and O–H groups in total. The van der Waals surface area contributed by atoms with Crippen molar-refractivity contribution in [2.24, 2.45) is 0 Å². The third-order valence-corrected chi connectivity index (χ3v) is 2.97. The lowest BCUT2D eigenvalue weighted by atomic mass is 10.2. The first-order valence-corrected chi connectivity index (χ1v) is 6.91. The van der Waals surface area contributed by atoms with Crippen LogP contribution in [0.2, 0.25) is 0 Å². The Morgan fingerprint density at radius 2 is 2.14 bits per heavy atom. The number of carbonyl (C=O) groups excluding carboxylic acids is 1. The minimum Gasteiger partial charge on any atom is -0.492 e. The van der Waals surface area contributed by atoms with Crippen LogP contribution in [0.5, 0.6) is 5.75 Å². The van der Waals surface area contributed by atoms with E-state index in [0.29, 0.717) is 29.1 Å².